The minimum atomic E-state index is -0.358. The first-order valence-corrected chi connectivity index (χ1v) is 13.1. The molecule has 0 saturated carbocycles. The summed E-state index contributed by atoms with van der Waals surface area (Å²) in [5, 5.41) is 13.7. The van der Waals surface area contributed by atoms with Crippen LogP contribution in [0.3, 0.4) is 0 Å². The fourth-order valence-electron chi connectivity index (χ4n) is 5.12. The van der Waals surface area contributed by atoms with E-state index in [0.717, 1.165) is 36.1 Å². The molecule has 2 amide bonds. The second-order valence-electron chi connectivity index (χ2n) is 9.78. The average molecular weight is 526 g/mol. The molecule has 0 aliphatic carbocycles. The highest BCUT2D eigenvalue weighted by Crippen LogP contribution is 2.28. The van der Waals surface area contributed by atoms with E-state index in [4.69, 9.17) is 0 Å². The maximum Gasteiger partial charge on any atom is 0.321 e. The first-order valence-electron chi connectivity index (χ1n) is 13.1. The summed E-state index contributed by atoms with van der Waals surface area (Å²) in [5.74, 6) is -0.0327. The summed E-state index contributed by atoms with van der Waals surface area (Å²) in [6.45, 7) is 3.56. The summed E-state index contributed by atoms with van der Waals surface area (Å²) in [7, 11) is 0. The Morgan fingerprint density at radius 3 is 2.69 bits per heavy atom. The normalized spacial score (nSPS) is 13.8. The second-order valence-corrected chi connectivity index (χ2v) is 9.78. The Morgan fingerprint density at radius 1 is 1.03 bits per heavy atom. The van der Waals surface area contributed by atoms with Gasteiger partial charge in [-0.05, 0) is 67.4 Å². The molecule has 1 fully saturated rings. The van der Waals surface area contributed by atoms with Gasteiger partial charge in [0.05, 0.1) is 22.1 Å². The number of hydrogen-bond acceptors (Lipinski definition) is 5. The zero-order chi connectivity index (χ0) is 26.8. The molecule has 0 radical (unpaired) electrons. The van der Waals surface area contributed by atoms with Crippen LogP contribution in [-0.2, 0) is 6.42 Å². The van der Waals surface area contributed by atoms with Gasteiger partial charge < -0.3 is 15.2 Å². The monoisotopic (exact) mass is 525 g/mol. The SMILES string of the molecule is O=C(NCCN1CCCC1)Nc1nc2cc(-c3cc(Cc4n[nH]c(=O)c5ccccc45)ccc3F)ccc2[nH]1. The third-order valence-corrected chi connectivity index (χ3v) is 7.12. The number of benzene rings is 3. The summed E-state index contributed by atoms with van der Waals surface area (Å²) in [4.78, 5) is 34.3. The largest absolute Gasteiger partial charge is 0.337 e. The third kappa shape index (κ3) is 5.37. The van der Waals surface area contributed by atoms with Crippen LogP contribution in [0.5, 0.6) is 0 Å². The van der Waals surface area contributed by atoms with E-state index in [9.17, 15) is 14.0 Å². The minimum absolute atomic E-state index is 0.241. The summed E-state index contributed by atoms with van der Waals surface area (Å²) in [6, 6.07) is 17.3. The third-order valence-electron chi connectivity index (χ3n) is 7.12. The Hall–Kier alpha value is -4.57. The lowest BCUT2D eigenvalue weighted by molar-refractivity contribution is 0.249. The predicted octanol–water partition coefficient (Wildman–Crippen LogP) is 4.41. The molecule has 0 bridgehead atoms. The van der Waals surface area contributed by atoms with Crippen LogP contribution in [0.2, 0.25) is 0 Å². The molecule has 3 heterocycles. The number of carbonyl (C=O) groups is 1. The Bertz CT molecular complexity index is 1720. The Balaban J connectivity index is 1.19. The van der Waals surface area contributed by atoms with Gasteiger partial charge in [0, 0.05) is 30.5 Å². The van der Waals surface area contributed by atoms with Gasteiger partial charge in [-0.15, -0.1) is 0 Å². The molecule has 1 aliphatic heterocycles. The number of hydrogen-bond donors (Lipinski definition) is 4. The lowest BCUT2D eigenvalue weighted by atomic mass is 9.98. The number of carbonyl (C=O) groups excluding carboxylic acids is 1. The van der Waals surface area contributed by atoms with Gasteiger partial charge in [0.15, 0.2) is 0 Å². The highest BCUT2D eigenvalue weighted by molar-refractivity contribution is 5.91. The van der Waals surface area contributed by atoms with Gasteiger partial charge in [-0.1, -0.05) is 30.3 Å². The number of nitrogens with zero attached hydrogens (tertiary/aromatic N) is 3. The van der Waals surface area contributed by atoms with Gasteiger partial charge in [0.25, 0.3) is 5.56 Å². The Kier molecular flexibility index (Phi) is 6.76. The van der Waals surface area contributed by atoms with Crippen LogP contribution in [0.4, 0.5) is 15.1 Å². The molecule has 10 heteroatoms. The maximum absolute atomic E-state index is 14.9. The fraction of sp³-hybridized carbons (Fsp3) is 0.241. The first kappa shape index (κ1) is 24.7. The van der Waals surface area contributed by atoms with Crippen LogP contribution < -0.4 is 16.2 Å². The number of nitrogens with one attached hydrogen (secondary N) is 4. The molecule has 39 heavy (non-hydrogen) atoms. The second kappa shape index (κ2) is 10.7. The number of amides is 2. The summed E-state index contributed by atoms with van der Waals surface area (Å²) in [6.07, 6.45) is 2.85. The standard InChI is InChI=1S/C29H28FN7O2/c30-23-9-7-18(16-25-20-5-1-2-6-21(20)27(38)36-35-25)15-22(23)19-8-10-24-26(17-19)33-28(32-24)34-29(39)31-11-14-37-12-3-4-13-37/h1-2,5-10,15,17H,3-4,11-14,16H2,(H,36,38)(H3,31,32,33,34,39). The van der Waals surface area contributed by atoms with Crippen molar-refractivity contribution in [2.24, 2.45) is 0 Å². The van der Waals surface area contributed by atoms with Crippen molar-refractivity contribution in [3.05, 3.63) is 88.1 Å². The molecule has 0 unspecified atom stereocenters. The van der Waals surface area contributed by atoms with Crippen LogP contribution in [0.25, 0.3) is 32.9 Å². The number of H-pyrrole nitrogens is 2. The van der Waals surface area contributed by atoms with Crippen molar-refractivity contribution in [1.29, 1.82) is 0 Å². The number of anilines is 1. The average Bonchev–Trinajstić information content (AvgIpc) is 3.60. The number of likely N-dealkylation sites (tertiary alicyclic amines) is 1. The molecule has 2 aromatic heterocycles. The summed E-state index contributed by atoms with van der Waals surface area (Å²) >= 11 is 0. The van der Waals surface area contributed by atoms with Crippen LogP contribution in [-0.4, -0.2) is 57.3 Å². The number of urea groups is 1. The molecule has 1 aliphatic rings. The zero-order valence-corrected chi connectivity index (χ0v) is 21.3. The van der Waals surface area contributed by atoms with E-state index in [0.29, 0.717) is 46.6 Å². The number of halogens is 1. The van der Waals surface area contributed by atoms with E-state index in [1.165, 1.54) is 18.9 Å². The molecule has 4 N–H and O–H groups in total. The molecule has 9 nitrogen and oxygen atoms in total. The van der Waals surface area contributed by atoms with Crippen molar-refractivity contribution in [3.8, 4) is 11.1 Å². The molecule has 3 aromatic carbocycles. The van der Waals surface area contributed by atoms with Gasteiger partial charge in [-0.3, -0.25) is 10.1 Å². The molecular weight excluding hydrogens is 497 g/mol. The highest BCUT2D eigenvalue weighted by atomic mass is 19.1. The van der Waals surface area contributed by atoms with Crippen LogP contribution in [0, 0.1) is 5.82 Å². The molecule has 0 spiro atoms. The molecule has 1 saturated heterocycles. The molecule has 6 rings (SSSR count). The predicted molar refractivity (Wildman–Crippen MR) is 149 cm³/mol. The number of rotatable bonds is 7. The smallest absolute Gasteiger partial charge is 0.321 e. The molecule has 198 valence electrons. The van der Waals surface area contributed by atoms with E-state index in [2.05, 4.69) is 35.7 Å². The van der Waals surface area contributed by atoms with E-state index in [-0.39, 0.29) is 17.4 Å². The quantitative estimate of drug-likeness (QED) is 0.251. The van der Waals surface area contributed by atoms with Crippen molar-refractivity contribution in [2.45, 2.75) is 19.3 Å². The van der Waals surface area contributed by atoms with Crippen LogP contribution in [0.15, 0.2) is 65.5 Å². The van der Waals surface area contributed by atoms with Crippen molar-refractivity contribution in [3.63, 3.8) is 0 Å². The number of aromatic amines is 2. The minimum Gasteiger partial charge on any atom is -0.337 e. The lowest BCUT2D eigenvalue weighted by Crippen LogP contribution is -2.36. The molecule has 5 aromatic rings. The van der Waals surface area contributed by atoms with Gasteiger partial charge in [0.2, 0.25) is 5.95 Å². The molecule has 0 atom stereocenters. The topological polar surface area (TPSA) is 119 Å². The highest BCUT2D eigenvalue weighted by Gasteiger charge is 2.14. The Labute approximate surface area is 223 Å². The Morgan fingerprint density at radius 2 is 1.85 bits per heavy atom. The number of aromatic nitrogens is 4. The summed E-state index contributed by atoms with van der Waals surface area (Å²) in [5.41, 5.74) is 3.75. The van der Waals surface area contributed by atoms with Crippen LogP contribution in [0.1, 0.15) is 24.1 Å². The maximum atomic E-state index is 14.9. The van der Waals surface area contributed by atoms with Crippen molar-refractivity contribution < 1.29 is 9.18 Å². The fourth-order valence-corrected chi connectivity index (χ4v) is 5.12. The van der Waals surface area contributed by atoms with Gasteiger partial charge in [0.1, 0.15) is 5.82 Å². The van der Waals surface area contributed by atoms with E-state index in [1.54, 1.807) is 24.3 Å². The lowest BCUT2D eigenvalue weighted by Gasteiger charge is -2.14. The number of imidazole rings is 1. The van der Waals surface area contributed by atoms with Crippen molar-refractivity contribution >= 4 is 33.8 Å². The zero-order valence-electron chi connectivity index (χ0n) is 21.3. The van der Waals surface area contributed by atoms with Crippen molar-refractivity contribution in [1.82, 2.24) is 30.4 Å². The van der Waals surface area contributed by atoms with Crippen molar-refractivity contribution in [2.75, 3.05) is 31.5 Å². The van der Waals surface area contributed by atoms with E-state index in [1.807, 2.05) is 30.3 Å². The van der Waals surface area contributed by atoms with Gasteiger partial charge in [-0.25, -0.2) is 19.3 Å². The molecular formula is C29H28FN7O2. The first-order chi connectivity index (χ1) is 19.0. The van der Waals surface area contributed by atoms with Gasteiger partial charge in [-0.2, -0.15) is 5.10 Å². The van der Waals surface area contributed by atoms with Gasteiger partial charge >= 0.3 is 6.03 Å². The summed E-state index contributed by atoms with van der Waals surface area (Å²) < 4.78 is 14.9. The van der Waals surface area contributed by atoms with E-state index >= 15 is 0 Å². The van der Waals surface area contributed by atoms with E-state index < -0.39 is 0 Å². The van der Waals surface area contributed by atoms with Crippen LogP contribution >= 0.6 is 0 Å². The number of fused-ring (bicyclic) bond motifs is 2.